The van der Waals surface area contributed by atoms with E-state index >= 15 is 0 Å². The molecule has 2 fully saturated rings. The molecule has 2 aliphatic carbocycles. The van der Waals surface area contributed by atoms with Crippen molar-refractivity contribution >= 4 is 57.6 Å². The van der Waals surface area contributed by atoms with Gasteiger partial charge < -0.3 is 49.8 Å². The maximum atomic E-state index is 13.0. The minimum absolute atomic E-state index is 0.00175. The van der Waals surface area contributed by atoms with Crippen LogP contribution in [0.25, 0.3) is 22.5 Å². The Kier molecular flexibility index (Phi) is 23.3. The van der Waals surface area contributed by atoms with E-state index in [1.807, 2.05) is 71.4 Å². The van der Waals surface area contributed by atoms with Crippen LogP contribution in [0, 0.1) is 0 Å². The predicted molar refractivity (Wildman–Crippen MR) is 359 cm³/mol. The SMILES string of the molecule is CC(C)(C)[Si](C)(C)OCCn1cc(N)cn1.CC(C)OC1CN(C(=O)NC2CCCCc3cc(-c4ccnc(Cl)n4)ccc32)C1.CC(C)OC1CN(C(=O)NC2CCCCc3cc(-c4ccnc(Nc5cnn(CCO[Si](C)(C)C(C)(C)C)c5)n4)ccc32)C1. The van der Waals surface area contributed by atoms with Crippen molar-refractivity contribution in [2.75, 3.05) is 50.4 Å². The van der Waals surface area contributed by atoms with Gasteiger partial charge in [-0.25, -0.2) is 29.5 Å². The van der Waals surface area contributed by atoms with Crippen LogP contribution in [0.5, 0.6) is 0 Å². The number of hydrogen-bond acceptors (Lipinski definition) is 14. The molecule has 89 heavy (non-hydrogen) atoms. The van der Waals surface area contributed by atoms with E-state index in [9.17, 15) is 9.59 Å². The Balaban J connectivity index is 0.000000194. The molecule has 2 aromatic carbocycles. The van der Waals surface area contributed by atoms with Gasteiger partial charge in [-0.05, 0) is 161 Å². The van der Waals surface area contributed by atoms with Gasteiger partial charge in [0.15, 0.2) is 16.6 Å². The van der Waals surface area contributed by atoms with Gasteiger partial charge in [-0.2, -0.15) is 10.2 Å². The van der Waals surface area contributed by atoms with Crippen molar-refractivity contribution in [1.82, 2.24) is 59.9 Å². The molecule has 2 unspecified atom stereocenters. The molecule has 2 aliphatic heterocycles. The van der Waals surface area contributed by atoms with Crippen molar-refractivity contribution in [3.63, 3.8) is 0 Å². The largest absolute Gasteiger partial charge is 0.415 e. The highest BCUT2D eigenvalue weighted by Crippen LogP contribution is 2.39. The number of aromatic nitrogens is 8. The van der Waals surface area contributed by atoms with Crippen LogP contribution in [-0.4, -0.2) is 142 Å². The maximum Gasteiger partial charge on any atom is 0.318 e. The molecule has 0 saturated carbocycles. The number of nitrogens with zero attached hydrogens (tertiary/aromatic N) is 10. The molecule has 484 valence electrons. The average molecular weight is 1280 g/mol. The molecular formula is C66H99ClN14O6Si2. The monoisotopic (exact) mass is 1270 g/mol. The van der Waals surface area contributed by atoms with Crippen molar-refractivity contribution < 1.29 is 27.9 Å². The molecule has 2 saturated heterocycles. The number of halogens is 1. The quantitative estimate of drug-likeness (QED) is 0.0357. The van der Waals surface area contributed by atoms with Crippen molar-refractivity contribution in [2.45, 2.75) is 206 Å². The molecule has 20 nitrogen and oxygen atoms in total. The van der Waals surface area contributed by atoms with E-state index in [0.717, 1.165) is 86.1 Å². The lowest BCUT2D eigenvalue weighted by Gasteiger charge is -2.40. The average Bonchev–Trinajstić information content (AvgIpc) is 2.20. The number of hydrogen-bond donors (Lipinski definition) is 4. The fourth-order valence-corrected chi connectivity index (χ4v) is 12.9. The Bertz CT molecular complexity index is 3280. The highest BCUT2D eigenvalue weighted by Gasteiger charge is 2.39. The summed E-state index contributed by atoms with van der Waals surface area (Å²) in [7, 11) is -3.41. The normalized spacial score (nSPS) is 17.4. The van der Waals surface area contributed by atoms with Crippen molar-refractivity contribution in [3.05, 3.63) is 113 Å². The number of amides is 4. The Morgan fingerprint density at radius 1 is 0.640 bits per heavy atom. The zero-order valence-corrected chi connectivity index (χ0v) is 58.0. The highest BCUT2D eigenvalue weighted by molar-refractivity contribution is 6.74. The number of rotatable bonds is 18. The summed E-state index contributed by atoms with van der Waals surface area (Å²) in [5.74, 6) is 0.522. The number of benzene rings is 2. The van der Waals surface area contributed by atoms with E-state index in [1.165, 1.54) is 22.3 Å². The van der Waals surface area contributed by atoms with Gasteiger partial charge in [0.05, 0.1) is 124 Å². The molecule has 2 atom stereocenters. The lowest BCUT2D eigenvalue weighted by Crippen LogP contribution is -2.58. The van der Waals surface area contributed by atoms with E-state index in [-0.39, 0.29) is 63.9 Å². The third-order valence-corrected chi connectivity index (χ3v) is 27.1. The van der Waals surface area contributed by atoms with E-state index in [4.69, 9.17) is 40.6 Å². The molecule has 23 heteroatoms. The van der Waals surface area contributed by atoms with Crippen LogP contribution in [0.4, 0.5) is 26.9 Å². The summed E-state index contributed by atoms with van der Waals surface area (Å²) in [6.45, 7) is 36.0. The van der Waals surface area contributed by atoms with Crippen molar-refractivity contribution in [3.8, 4) is 22.5 Å². The number of ether oxygens (including phenoxy) is 2. The van der Waals surface area contributed by atoms with Gasteiger partial charge >= 0.3 is 12.1 Å². The number of aryl methyl sites for hydroxylation is 2. The summed E-state index contributed by atoms with van der Waals surface area (Å²) in [6, 6.07) is 16.7. The number of nitrogen functional groups attached to an aromatic ring is 1. The van der Waals surface area contributed by atoms with Crippen LogP contribution >= 0.6 is 11.6 Å². The number of fused-ring (bicyclic) bond motifs is 2. The second-order valence-electron chi connectivity index (χ2n) is 27.6. The fraction of sp³-hybridized carbons (Fsp3) is 0.576. The number of urea groups is 2. The predicted octanol–water partition coefficient (Wildman–Crippen LogP) is 13.6. The van der Waals surface area contributed by atoms with Gasteiger partial charge in [0.25, 0.3) is 0 Å². The Labute approximate surface area is 535 Å². The number of carbonyl (C=O) groups excluding carboxylic acids is 2. The Morgan fingerprint density at radius 2 is 1.10 bits per heavy atom. The molecule has 10 rings (SSSR count). The molecule has 4 amide bonds. The summed E-state index contributed by atoms with van der Waals surface area (Å²) >= 11 is 5.95. The number of carbonyl (C=O) groups is 2. The molecular weight excluding hydrogens is 1180 g/mol. The first kappa shape index (κ1) is 68.6. The lowest BCUT2D eigenvalue weighted by atomic mass is 9.95. The molecule has 4 aliphatic rings. The Hall–Kier alpha value is -6.28. The van der Waals surface area contributed by atoms with Crippen molar-refractivity contribution in [1.29, 1.82) is 0 Å². The number of likely N-dealkylation sites (tertiary alicyclic amines) is 2. The van der Waals surface area contributed by atoms with E-state index in [0.29, 0.717) is 57.6 Å². The van der Waals surface area contributed by atoms with Gasteiger partial charge in [0, 0.05) is 35.9 Å². The van der Waals surface area contributed by atoms with Crippen LogP contribution in [0.15, 0.2) is 85.7 Å². The maximum absolute atomic E-state index is 13.0. The van der Waals surface area contributed by atoms with Crippen molar-refractivity contribution in [2.24, 2.45) is 0 Å². The first-order valence-electron chi connectivity index (χ1n) is 31.9. The van der Waals surface area contributed by atoms with Crippen LogP contribution in [-0.2, 0) is 44.3 Å². The minimum atomic E-state index is -1.79. The highest BCUT2D eigenvalue weighted by atomic mass is 35.5. The molecule has 6 aromatic rings. The molecule has 0 radical (unpaired) electrons. The number of nitrogens with one attached hydrogen (secondary N) is 3. The van der Waals surface area contributed by atoms with Crippen LogP contribution in [0.1, 0.15) is 142 Å². The third kappa shape index (κ3) is 19.4. The second-order valence-corrected chi connectivity index (χ2v) is 37.6. The van der Waals surface area contributed by atoms with Gasteiger partial charge in [0.1, 0.15) is 0 Å². The van der Waals surface area contributed by atoms with Crippen LogP contribution < -0.4 is 21.7 Å². The van der Waals surface area contributed by atoms with Gasteiger partial charge in [-0.15, -0.1) is 0 Å². The summed E-state index contributed by atoms with van der Waals surface area (Å²) in [5.41, 5.74) is 15.8. The molecule has 6 heterocycles. The zero-order chi connectivity index (χ0) is 64.3. The van der Waals surface area contributed by atoms with E-state index in [2.05, 4.69) is 145 Å². The number of nitrogens with two attached hydrogens (primary N) is 1. The molecule has 0 bridgehead atoms. The zero-order valence-electron chi connectivity index (χ0n) is 55.2. The molecule has 5 N–H and O–H groups in total. The summed E-state index contributed by atoms with van der Waals surface area (Å²) in [4.78, 5) is 46.9. The Morgan fingerprint density at radius 3 is 1.55 bits per heavy atom. The summed E-state index contributed by atoms with van der Waals surface area (Å²) < 4.78 is 27.6. The lowest BCUT2D eigenvalue weighted by molar-refractivity contribution is -0.0645. The first-order chi connectivity index (χ1) is 42.1. The third-order valence-electron chi connectivity index (χ3n) is 17.8. The smallest absolute Gasteiger partial charge is 0.318 e. The summed E-state index contributed by atoms with van der Waals surface area (Å²) in [5, 5.41) is 19.1. The van der Waals surface area contributed by atoms with E-state index in [1.54, 1.807) is 24.8 Å². The van der Waals surface area contributed by atoms with Gasteiger partial charge in [-0.1, -0.05) is 78.6 Å². The standard InChI is InChI=1S/C33H49N7O3Si.C22H27ClN4O2.C11H23N3OSi/c1-23(2)43-27-21-39(22-27)32(41)38-30-11-9-8-10-24-18-25(12-13-28(24)30)29-14-15-34-31(37-29)36-26-19-35-40(20-26)16-17-42-44(6,7)33(3,4)5;1-14(2)29-17-12-27(13-17)22(28)26-20-6-4-3-5-15-11-16(7-8-18(15)20)19-9-10-24-21(23)25-19;1-11(2,3)16(4,5)15-7-6-14-9-10(12)8-13-14/h12-15,18-20,23,27,30H,8-11,16-17,21-22H2,1-7H3,(H,38,41)(H,34,36,37);7-11,14,17,20H,3-6,12-13H2,1-2H3,(H,26,28);8-9H,6-7,12H2,1-5H3. The van der Waals surface area contributed by atoms with Gasteiger partial charge in [-0.3, -0.25) is 9.36 Å². The molecule has 4 aromatic heterocycles. The first-order valence-corrected chi connectivity index (χ1v) is 38.1. The number of anilines is 3. The van der Waals surface area contributed by atoms with Crippen LogP contribution in [0.3, 0.4) is 0 Å². The van der Waals surface area contributed by atoms with Gasteiger partial charge in [0.2, 0.25) is 11.2 Å². The topological polar surface area (TPSA) is 227 Å². The second kappa shape index (κ2) is 30.2. The molecule has 0 spiro atoms. The fourth-order valence-electron chi connectivity index (χ4n) is 10.7. The minimum Gasteiger partial charge on any atom is -0.415 e. The van der Waals surface area contributed by atoms with Crippen LogP contribution in [0.2, 0.25) is 41.5 Å². The van der Waals surface area contributed by atoms with E-state index < -0.39 is 16.6 Å². The summed E-state index contributed by atoms with van der Waals surface area (Å²) in [6.07, 6.45) is 19.6.